The topological polar surface area (TPSA) is 116 Å². The van der Waals surface area contributed by atoms with Gasteiger partial charge in [-0.3, -0.25) is 9.69 Å². The Hall–Kier alpha value is -3.20. The molecular formula is C21H26N6O3. The average molecular weight is 410 g/mol. The van der Waals surface area contributed by atoms with Gasteiger partial charge in [-0.05, 0) is 30.9 Å². The van der Waals surface area contributed by atoms with Crippen LogP contribution in [-0.2, 0) is 11.3 Å². The van der Waals surface area contributed by atoms with Gasteiger partial charge in [0.25, 0.3) is 5.91 Å². The van der Waals surface area contributed by atoms with Crippen molar-refractivity contribution in [3.05, 3.63) is 48.2 Å². The Balaban J connectivity index is 1.59. The third-order valence-corrected chi connectivity index (χ3v) is 5.92. The molecule has 3 N–H and O–H groups in total. The summed E-state index contributed by atoms with van der Waals surface area (Å²) in [6.07, 6.45) is 3.00. The van der Waals surface area contributed by atoms with Crippen LogP contribution in [0.5, 0.6) is 0 Å². The standard InChI is InChI=1S/C21H26N6O3/c22-19-23-10-7-17(24-19)25-12-8-21(9-13-25)18(29)26(11-4-14-28)20(30)27(21)15-16-5-2-1-3-6-16/h1-3,5-7,10,28H,4,8-9,11-15H2,(H2,22,23,24). The Bertz CT molecular complexity index is 914. The molecule has 4 rings (SSSR count). The minimum atomic E-state index is -0.878. The SMILES string of the molecule is Nc1nccc(N2CCC3(CC2)C(=O)N(CCCO)C(=O)N3Cc2ccccc2)n1. The maximum atomic E-state index is 13.4. The summed E-state index contributed by atoms with van der Waals surface area (Å²) in [5.74, 6) is 0.764. The predicted molar refractivity (Wildman–Crippen MR) is 111 cm³/mol. The highest BCUT2D eigenvalue weighted by atomic mass is 16.3. The fourth-order valence-corrected chi connectivity index (χ4v) is 4.32. The lowest BCUT2D eigenvalue weighted by molar-refractivity contribution is -0.134. The molecule has 1 aromatic heterocycles. The Kier molecular flexibility index (Phi) is 5.54. The molecule has 1 aromatic carbocycles. The van der Waals surface area contributed by atoms with Crippen molar-refractivity contribution < 1.29 is 14.7 Å². The number of carbonyl (C=O) groups excluding carboxylic acids is 2. The van der Waals surface area contributed by atoms with Crippen molar-refractivity contribution in [1.82, 2.24) is 19.8 Å². The Morgan fingerprint density at radius 3 is 2.50 bits per heavy atom. The molecule has 2 aromatic rings. The number of carbonyl (C=O) groups is 2. The van der Waals surface area contributed by atoms with Crippen LogP contribution >= 0.6 is 0 Å². The molecule has 3 heterocycles. The van der Waals surface area contributed by atoms with Gasteiger partial charge in [0.05, 0.1) is 0 Å². The van der Waals surface area contributed by atoms with E-state index in [0.29, 0.717) is 38.9 Å². The summed E-state index contributed by atoms with van der Waals surface area (Å²) in [6.45, 7) is 1.70. The number of aliphatic hydroxyl groups is 1. The van der Waals surface area contributed by atoms with Crippen molar-refractivity contribution >= 4 is 23.7 Å². The predicted octanol–water partition coefficient (Wildman–Crippen LogP) is 1.24. The Labute approximate surface area is 175 Å². The van der Waals surface area contributed by atoms with E-state index in [-0.39, 0.29) is 31.0 Å². The molecule has 0 aliphatic carbocycles. The number of amides is 3. The third-order valence-electron chi connectivity index (χ3n) is 5.92. The lowest BCUT2D eigenvalue weighted by Gasteiger charge is -2.42. The number of benzene rings is 1. The van der Waals surface area contributed by atoms with E-state index in [4.69, 9.17) is 5.73 Å². The second-order valence-corrected chi connectivity index (χ2v) is 7.68. The molecule has 0 saturated carbocycles. The van der Waals surface area contributed by atoms with Crippen LogP contribution in [0.3, 0.4) is 0 Å². The van der Waals surface area contributed by atoms with Crippen LogP contribution in [0, 0.1) is 0 Å². The Morgan fingerprint density at radius 1 is 1.10 bits per heavy atom. The molecule has 1 spiro atoms. The lowest BCUT2D eigenvalue weighted by atomic mass is 9.85. The summed E-state index contributed by atoms with van der Waals surface area (Å²) < 4.78 is 0. The van der Waals surface area contributed by atoms with Crippen molar-refractivity contribution in [3.63, 3.8) is 0 Å². The molecular weight excluding hydrogens is 384 g/mol. The van der Waals surface area contributed by atoms with Gasteiger partial charge in [0.15, 0.2) is 0 Å². The van der Waals surface area contributed by atoms with Crippen LogP contribution in [0.1, 0.15) is 24.8 Å². The number of nitrogens with two attached hydrogens (primary N) is 1. The van der Waals surface area contributed by atoms with E-state index < -0.39 is 5.54 Å². The molecule has 2 fully saturated rings. The van der Waals surface area contributed by atoms with Crippen LogP contribution in [0.4, 0.5) is 16.6 Å². The summed E-state index contributed by atoms with van der Waals surface area (Å²) >= 11 is 0. The van der Waals surface area contributed by atoms with Crippen molar-refractivity contribution in [1.29, 1.82) is 0 Å². The van der Waals surface area contributed by atoms with Crippen LogP contribution in [0.25, 0.3) is 0 Å². The van der Waals surface area contributed by atoms with Crippen molar-refractivity contribution in [2.75, 3.05) is 36.9 Å². The van der Waals surface area contributed by atoms with E-state index >= 15 is 0 Å². The molecule has 0 atom stereocenters. The number of nitrogen functional groups attached to an aromatic ring is 1. The lowest BCUT2D eigenvalue weighted by Crippen LogP contribution is -2.56. The zero-order valence-corrected chi connectivity index (χ0v) is 16.8. The monoisotopic (exact) mass is 410 g/mol. The van der Waals surface area contributed by atoms with Gasteiger partial charge in [-0.25, -0.2) is 9.78 Å². The van der Waals surface area contributed by atoms with Gasteiger partial charge in [-0.2, -0.15) is 4.98 Å². The summed E-state index contributed by atoms with van der Waals surface area (Å²) in [5.41, 5.74) is 5.81. The minimum absolute atomic E-state index is 0.0638. The van der Waals surface area contributed by atoms with Gasteiger partial charge in [-0.1, -0.05) is 30.3 Å². The number of anilines is 2. The van der Waals surface area contributed by atoms with E-state index in [1.54, 1.807) is 17.2 Å². The largest absolute Gasteiger partial charge is 0.396 e. The van der Waals surface area contributed by atoms with Gasteiger partial charge in [0, 0.05) is 39.0 Å². The molecule has 9 heteroatoms. The fraction of sp³-hybridized carbons (Fsp3) is 0.429. The first-order chi connectivity index (χ1) is 14.5. The van der Waals surface area contributed by atoms with E-state index in [2.05, 4.69) is 14.9 Å². The third kappa shape index (κ3) is 3.56. The fourth-order valence-electron chi connectivity index (χ4n) is 4.32. The van der Waals surface area contributed by atoms with Gasteiger partial charge >= 0.3 is 6.03 Å². The van der Waals surface area contributed by atoms with Gasteiger partial charge in [0.2, 0.25) is 5.95 Å². The molecule has 2 saturated heterocycles. The molecule has 9 nitrogen and oxygen atoms in total. The molecule has 0 bridgehead atoms. The second-order valence-electron chi connectivity index (χ2n) is 7.68. The molecule has 158 valence electrons. The molecule has 2 aliphatic rings. The zero-order valence-electron chi connectivity index (χ0n) is 16.8. The molecule has 2 aliphatic heterocycles. The maximum Gasteiger partial charge on any atom is 0.327 e. The molecule has 0 unspecified atom stereocenters. The first-order valence-electron chi connectivity index (χ1n) is 10.2. The molecule has 30 heavy (non-hydrogen) atoms. The highest BCUT2D eigenvalue weighted by Crippen LogP contribution is 2.39. The van der Waals surface area contributed by atoms with E-state index in [0.717, 1.165) is 11.4 Å². The first kappa shape index (κ1) is 20.1. The second kappa shape index (κ2) is 8.27. The van der Waals surface area contributed by atoms with Crippen LogP contribution in [0.2, 0.25) is 0 Å². The van der Waals surface area contributed by atoms with Crippen LogP contribution in [-0.4, -0.2) is 68.6 Å². The highest BCUT2D eigenvalue weighted by molar-refractivity contribution is 6.07. The summed E-state index contributed by atoms with van der Waals surface area (Å²) in [6, 6.07) is 11.2. The number of hydrogen-bond acceptors (Lipinski definition) is 7. The smallest absolute Gasteiger partial charge is 0.327 e. The Morgan fingerprint density at radius 2 is 1.83 bits per heavy atom. The number of piperidine rings is 1. The quantitative estimate of drug-likeness (QED) is 0.689. The number of imide groups is 1. The minimum Gasteiger partial charge on any atom is -0.396 e. The zero-order chi connectivity index (χ0) is 21.1. The maximum absolute atomic E-state index is 13.4. The van der Waals surface area contributed by atoms with E-state index in [1.165, 1.54) is 4.90 Å². The summed E-state index contributed by atoms with van der Waals surface area (Å²) in [7, 11) is 0. The first-order valence-corrected chi connectivity index (χ1v) is 10.2. The molecule has 3 amide bonds. The number of aromatic nitrogens is 2. The van der Waals surface area contributed by atoms with Crippen LogP contribution < -0.4 is 10.6 Å². The molecule has 0 radical (unpaired) electrons. The number of nitrogens with zero attached hydrogens (tertiary/aromatic N) is 5. The number of aliphatic hydroxyl groups excluding tert-OH is 1. The van der Waals surface area contributed by atoms with Gasteiger partial charge < -0.3 is 20.6 Å². The van der Waals surface area contributed by atoms with E-state index in [1.807, 2.05) is 30.3 Å². The van der Waals surface area contributed by atoms with Crippen LogP contribution in [0.15, 0.2) is 42.6 Å². The van der Waals surface area contributed by atoms with Gasteiger partial charge in [0.1, 0.15) is 11.4 Å². The average Bonchev–Trinajstić information content (AvgIpc) is 2.95. The number of hydrogen-bond donors (Lipinski definition) is 2. The number of rotatable bonds is 6. The summed E-state index contributed by atoms with van der Waals surface area (Å²) in [4.78, 5) is 39.9. The van der Waals surface area contributed by atoms with Gasteiger partial charge in [-0.15, -0.1) is 0 Å². The van der Waals surface area contributed by atoms with Crippen molar-refractivity contribution in [2.45, 2.75) is 31.3 Å². The van der Waals surface area contributed by atoms with E-state index in [9.17, 15) is 14.7 Å². The normalized spacial score (nSPS) is 18.5. The highest BCUT2D eigenvalue weighted by Gasteiger charge is 2.57. The number of urea groups is 1. The summed E-state index contributed by atoms with van der Waals surface area (Å²) in [5, 5.41) is 9.19. The van der Waals surface area contributed by atoms with Crippen molar-refractivity contribution in [3.8, 4) is 0 Å². The van der Waals surface area contributed by atoms with Crippen molar-refractivity contribution in [2.24, 2.45) is 0 Å².